The van der Waals surface area contributed by atoms with E-state index in [1.807, 2.05) is 7.05 Å². The summed E-state index contributed by atoms with van der Waals surface area (Å²) in [6.07, 6.45) is 4.10. The number of primary sulfonamides is 1. The van der Waals surface area contributed by atoms with Crippen molar-refractivity contribution < 1.29 is 16.8 Å². The number of nitrogens with one attached hydrogen (secondary N) is 3. The van der Waals surface area contributed by atoms with Crippen LogP contribution in [0.1, 0.15) is 39.0 Å². The number of hydrogen-bond donors (Lipinski definition) is 4. The van der Waals surface area contributed by atoms with Crippen LogP contribution >= 0.6 is 24.0 Å². The number of fused-ring (bicyclic) bond motifs is 1. The van der Waals surface area contributed by atoms with E-state index in [-0.39, 0.29) is 22.3 Å². The third kappa shape index (κ3) is 4.75. The molecule has 0 radical (unpaired) electrons. The lowest BCUT2D eigenvalue weighted by Crippen LogP contribution is -2.59. The normalized spacial score (nSPS) is 27.4. The Hall–Kier alpha value is -0.620. The van der Waals surface area contributed by atoms with Crippen molar-refractivity contribution in [2.24, 2.45) is 11.1 Å². The molecule has 1 aromatic carbocycles. The molecule has 1 atom stereocenters. The molecule has 1 fully saturated rings. The molecule has 28 heavy (non-hydrogen) atoms. The second-order valence-corrected chi connectivity index (χ2v) is 11.1. The summed E-state index contributed by atoms with van der Waals surface area (Å²) in [6, 6.07) is 2.75. The van der Waals surface area contributed by atoms with Gasteiger partial charge < -0.3 is 10.6 Å². The molecule has 1 aromatic rings. The average molecular weight is 473 g/mol. The van der Waals surface area contributed by atoms with E-state index in [9.17, 15) is 16.8 Å². The summed E-state index contributed by atoms with van der Waals surface area (Å²) >= 11 is 6.04. The van der Waals surface area contributed by atoms with E-state index in [1.165, 1.54) is 6.07 Å². The molecule has 0 amide bonds. The third-order valence-electron chi connectivity index (χ3n) is 5.47. The first kappa shape index (κ1) is 23.7. The Morgan fingerprint density at radius 2 is 1.96 bits per heavy atom. The Kier molecular flexibility index (Phi) is 6.97. The Balaban J connectivity index is 0.00000280. The van der Waals surface area contributed by atoms with Crippen molar-refractivity contribution in [1.82, 2.24) is 10.0 Å². The minimum absolute atomic E-state index is 0. The summed E-state index contributed by atoms with van der Waals surface area (Å²) in [5, 5.41) is 11.5. The fraction of sp³-hybridized carbons (Fsp3) is 0.625. The first-order chi connectivity index (χ1) is 12.5. The molecule has 1 unspecified atom stereocenters. The molecular weight excluding hydrogens is 447 g/mol. The monoisotopic (exact) mass is 472 g/mol. The Morgan fingerprint density at radius 1 is 1.36 bits per heavy atom. The summed E-state index contributed by atoms with van der Waals surface area (Å²) in [4.78, 5) is -0.566. The van der Waals surface area contributed by atoms with Crippen molar-refractivity contribution in [2.75, 3.05) is 12.4 Å². The first-order valence-corrected chi connectivity index (χ1v) is 12.2. The number of rotatable bonds is 4. The molecule has 0 aromatic heterocycles. The summed E-state index contributed by atoms with van der Waals surface area (Å²) < 4.78 is 51.6. The maximum absolute atomic E-state index is 12.8. The molecule has 3 rings (SSSR count). The Morgan fingerprint density at radius 3 is 2.50 bits per heavy atom. The first-order valence-electron chi connectivity index (χ1n) is 8.81. The van der Waals surface area contributed by atoms with E-state index < -0.39 is 30.6 Å². The zero-order valence-electron chi connectivity index (χ0n) is 15.7. The van der Waals surface area contributed by atoms with Crippen molar-refractivity contribution >= 4 is 49.7 Å². The fourth-order valence-corrected chi connectivity index (χ4v) is 6.64. The largest absolute Gasteiger partial charge is 0.365 e. The molecule has 1 spiro atoms. The highest BCUT2D eigenvalue weighted by atomic mass is 35.5. The van der Waals surface area contributed by atoms with Crippen LogP contribution < -0.4 is 20.5 Å². The van der Waals surface area contributed by atoms with Gasteiger partial charge in [-0.3, -0.25) is 0 Å². The quantitative estimate of drug-likeness (QED) is 0.529. The van der Waals surface area contributed by atoms with Crippen molar-refractivity contribution in [3.05, 3.63) is 17.2 Å². The summed E-state index contributed by atoms with van der Waals surface area (Å²) in [6.45, 7) is 2.13. The SMILES string of the molecule is CNC(C)CC1CCC2(CC1)Nc1cc(Cl)c(S(N)(=O)=O)cc1S(=O)(=O)N2.Cl. The van der Waals surface area contributed by atoms with Crippen LogP contribution in [0.15, 0.2) is 21.9 Å². The maximum Gasteiger partial charge on any atom is 0.244 e. The zero-order chi connectivity index (χ0) is 20.0. The van der Waals surface area contributed by atoms with Gasteiger partial charge in [0.15, 0.2) is 0 Å². The number of sulfonamides is 2. The molecule has 1 aliphatic heterocycles. The number of anilines is 1. The molecule has 1 saturated carbocycles. The van der Waals surface area contributed by atoms with Gasteiger partial charge in [-0.1, -0.05) is 11.6 Å². The second-order valence-electron chi connectivity index (χ2n) is 7.51. The number of halogens is 2. The van der Waals surface area contributed by atoms with E-state index in [2.05, 4.69) is 22.3 Å². The van der Waals surface area contributed by atoms with Gasteiger partial charge in [0, 0.05) is 6.04 Å². The topological polar surface area (TPSA) is 130 Å². The van der Waals surface area contributed by atoms with Gasteiger partial charge >= 0.3 is 0 Å². The summed E-state index contributed by atoms with van der Waals surface area (Å²) in [5.41, 5.74) is -0.481. The molecule has 12 heteroatoms. The highest BCUT2D eigenvalue weighted by Crippen LogP contribution is 2.42. The fourth-order valence-electron chi connectivity index (χ4n) is 3.92. The van der Waals surface area contributed by atoms with Crippen LogP contribution in [0.4, 0.5) is 5.69 Å². The van der Waals surface area contributed by atoms with Gasteiger partial charge in [-0.2, -0.15) is 4.72 Å². The molecule has 8 nitrogen and oxygen atoms in total. The van der Waals surface area contributed by atoms with Gasteiger partial charge in [-0.05, 0) is 64.1 Å². The highest BCUT2D eigenvalue weighted by Gasteiger charge is 2.44. The molecule has 0 saturated heterocycles. The van der Waals surface area contributed by atoms with Crippen LogP contribution in [-0.4, -0.2) is 35.6 Å². The van der Waals surface area contributed by atoms with Crippen LogP contribution in [0.5, 0.6) is 0 Å². The Bertz CT molecular complexity index is 946. The predicted molar refractivity (Wildman–Crippen MR) is 112 cm³/mol. The minimum atomic E-state index is -4.13. The lowest BCUT2D eigenvalue weighted by molar-refractivity contribution is 0.219. The van der Waals surface area contributed by atoms with Gasteiger partial charge in [0.1, 0.15) is 15.5 Å². The molecule has 2 aliphatic rings. The molecule has 5 N–H and O–H groups in total. The van der Waals surface area contributed by atoms with Gasteiger partial charge in [0.25, 0.3) is 0 Å². The smallest absolute Gasteiger partial charge is 0.244 e. The van der Waals surface area contributed by atoms with Crippen molar-refractivity contribution in [1.29, 1.82) is 0 Å². The van der Waals surface area contributed by atoms with Crippen LogP contribution in [0.3, 0.4) is 0 Å². The number of benzene rings is 1. The van der Waals surface area contributed by atoms with Crippen molar-refractivity contribution in [2.45, 2.75) is 60.5 Å². The maximum atomic E-state index is 12.8. The second kappa shape index (κ2) is 8.25. The van der Waals surface area contributed by atoms with Gasteiger partial charge in [-0.15, -0.1) is 12.4 Å². The molecule has 160 valence electrons. The van der Waals surface area contributed by atoms with Gasteiger partial charge in [0.05, 0.1) is 10.7 Å². The third-order valence-corrected chi connectivity index (χ3v) is 8.42. The van der Waals surface area contributed by atoms with E-state index in [1.54, 1.807) is 0 Å². The van der Waals surface area contributed by atoms with Crippen LogP contribution in [0, 0.1) is 5.92 Å². The molecule has 1 heterocycles. The standard InChI is InChI=1S/C16H25ClN4O4S2.ClH/c1-10(19-2)7-11-3-5-16(6-4-11)20-13-8-12(17)14(26(18,22)23)9-15(13)27(24,25)21-16;/h8-11,19-21H,3-7H2,1-2H3,(H2,18,22,23);1H. The van der Waals surface area contributed by atoms with E-state index in [0.29, 0.717) is 30.5 Å². The minimum Gasteiger partial charge on any atom is -0.365 e. The van der Waals surface area contributed by atoms with Crippen molar-refractivity contribution in [3.63, 3.8) is 0 Å². The molecular formula is C16H26Cl2N4O4S2. The van der Waals surface area contributed by atoms with Crippen LogP contribution in [0.2, 0.25) is 5.02 Å². The van der Waals surface area contributed by atoms with Gasteiger partial charge in [-0.25, -0.2) is 22.0 Å². The molecule has 0 bridgehead atoms. The average Bonchev–Trinajstić information content (AvgIpc) is 2.54. The number of hydrogen-bond acceptors (Lipinski definition) is 6. The Labute approximate surface area is 177 Å². The summed E-state index contributed by atoms with van der Waals surface area (Å²) in [7, 11) is -6.10. The van der Waals surface area contributed by atoms with Crippen molar-refractivity contribution in [3.8, 4) is 0 Å². The number of nitrogens with two attached hydrogens (primary N) is 1. The highest BCUT2D eigenvalue weighted by molar-refractivity contribution is 7.90. The van der Waals surface area contributed by atoms with E-state index >= 15 is 0 Å². The predicted octanol–water partition coefficient (Wildman–Crippen LogP) is 2.00. The van der Waals surface area contributed by atoms with Crippen LogP contribution in [-0.2, 0) is 20.0 Å². The lowest BCUT2D eigenvalue weighted by atomic mass is 9.79. The molecule has 1 aliphatic carbocycles. The zero-order valence-corrected chi connectivity index (χ0v) is 18.9. The van der Waals surface area contributed by atoms with Crippen LogP contribution in [0.25, 0.3) is 0 Å². The summed E-state index contributed by atoms with van der Waals surface area (Å²) in [5.74, 6) is 0.527. The van der Waals surface area contributed by atoms with E-state index in [0.717, 1.165) is 25.3 Å². The lowest BCUT2D eigenvalue weighted by Gasteiger charge is -2.45. The van der Waals surface area contributed by atoms with Gasteiger partial charge in [0.2, 0.25) is 20.0 Å². The van der Waals surface area contributed by atoms with E-state index in [4.69, 9.17) is 16.7 Å².